The fourth-order valence-corrected chi connectivity index (χ4v) is 5.53. The topological polar surface area (TPSA) is 71.1 Å². The zero-order valence-electron chi connectivity index (χ0n) is 31.6. The van der Waals surface area contributed by atoms with E-state index in [1.807, 2.05) is 27.7 Å². The van der Waals surface area contributed by atoms with E-state index < -0.39 is 6.10 Å². The van der Waals surface area contributed by atoms with Crippen molar-refractivity contribution in [3.8, 4) is 0 Å². The number of hydrogen-bond acceptors (Lipinski definition) is 6. The van der Waals surface area contributed by atoms with E-state index in [2.05, 4.69) is 13.8 Å². The minimum atomic E-state index is -0.604. The van der Waals surface area contributed by atoms with Gasteiger partial charge in [0.05, 0.1) is 24.9 Å². The molecule has 0 radical (unpaired) electrons. The Morgan fingerprint density at radius 1 is 0.500 bits per heavy atom. The van der Waals surface area contributed by atoms with Gasteiger partial charge in [-0.2, -0.15) is 0 Å². The number of carbonyl (C=O) groups excluding carboxylic acids is 2. The van der Waals surface area contributed by atoms with Crippen LogP contribution in [0.2, 0.25) is 0 Å². The molecule has 0 N–H and O–H groups in total. The molecule has 0 spiro atoms. The van der Waals surface area contributed by atoms with E-state index in [4.69, 9.17) is 18.9 Å². The molecule has 6 heteroatoms. The monoisotopic (exact) mass is 655 g/mol. The van der Waals surface area contributed by atoms with Gasteiger partial charge in [-0.05, 0) is 40.5 Å². The highest BCUT2D eigenvalue weighted by Gasteiger charge is 2.20. The lowest BCUT2D eigenvalue weighted by atomic mass is 10.0. The van der Waals surface area contributed by atoms with Gasteiger partial charge in [-0.3, -0.25) is 9.59 Å². The predicted octanol–water partition coefficient (Wildman–Crippen LogP) is 11.8. The van der Waals surface area contributed by atoms with Crippen molar-refractivity contribution in [1.82, 2.24) is 0 Å². The molecule has 0 saturated heterocycles. The Morgan fingerprint density at radius 2 is 0.870 bits per heavy atom. The van der Waals surface area contributed by atoms with Crippen molar-refractivity contribution in [2.75, 3.05) is 19.8 Å². The summed E-state index contributed by atoms with van der Waals surface area (Å²) in [6, 6.07) is 0. The Hall–Kier alpha value is -1.14. The van der Waals surface area contributed by atoms with Crippen LogP contribution in [-0.2, 0) is 28.5 Å². The van der Waals surface area contributed by atoms with E-state index in [1.54, 1.807) is 0 Å². The number of hydrogen-bond donors (Lipinski definition) is 0. The second-order valence-electron chi connectivity index (χ2n) is 14.6. The first-order chi connectivity index (χ1) is 22.2. The maximum Gasteiger partial charge on any atom is 0.306 e. The van der Waals surface area contributed by atoms with Gasteiger partial charge in [-0.15, -0.1) is 0 Å². The Balaban J connectivity index is 4.22. The van der Waals surface area contributed by atoms with Crippen molar-refractivity contribution in [3.05, 3.63) is 0 Å². The minimum Gasteiger partial charge on any atom is -0.462 e. The van der Waals surface area contributed by atoms with E-state index in [0.29, 0.717) is 19.4 Å². The van der Waals surface area contributed by atoms with Gasteiger partial charge in [0.1, 0.15) is 6.61 Å². The van der Waals surface area contributed by atoms with Gasteiger partial charge in [-0.25, -0.2) is 0 Å². The summed E-state index contributed by atoms with van der Waals surface area (Å²) < 4.78 is 23.0. The lowest BCUT2D eigenvalue weighted by Gasteiger charge is -2.24. The zero-order valence-corrected chi connectivity index (χ0v) is 31.6. The molecule has 0 aromatic rings. The van der Waals surface area contributed by atoms with Crippen molar-refractivity contribution < 1.29 is 28.5 Å². The molecule has 0 heterocycles. The summed E-state index contributed by atoms with van der Waals surface area (Å²) in [5.41, 5.74) is -0.249. The molecular weight excluding hydrogens is 576 g/mol. The highest BCUT2D eigenvalue weighted by atomic mass is 16.6. The van der Waals surface area contributed by atoms with Crippen molar-refractivity contribution in [3.63, 3.8) is 0 Å². The van der Waals surface area contributed by atoms with Crippen molar-refractivity contribution >= 4 is 11.9 Å². The first-order valence-corrected chi connectivity index (χ1v) is 19.8. The highest BCUT2D eigenvalue weighted by molar-refractivity contribution is 5.70. The molecule has 46 heavy (non-hydrogen) atoms. The summed E-state index contributed by atoms with van der Waals surface area (Å²) in [6.07, 6.45) is 30.2. The van der Waals surface area contributed by atoms with Gasteiger partial charge < -0.3 is 18.9 Å². The second-order valence-corrected chi connectivity index (χ2v) is 14.6. The molecule has 0 aliphatic rings. The van der Waals surface area contributed by atoms with Gasteiger partial charge in [0.15, 0.2) is 6.10 Å². The molecule has 274 valence electrons. The number of rotatable bonds is 34. The summed E-state index contributed by atoms with van der Waals surface area (Å²) >= 11 is 0. The Bertz CT molecular complexity index is 673. The maximum absolute atomic E-state index is 12.6. The molecule has 0 bridgehead atoms. The molecular formula is C40H78O6. The number of ether oxygens (including phenoxy) is 4. The molecule has 2 atom stereocenters. The van der Waals surface area contributed by atoms with Crippen LogP contribution in [0.25, 0.3) is 0 Å². The average molecular weight is 655 g/mol. The molecule has 0 rings (SSSR count). The molecule has 0 amide bonds. The van der Waals surface area contributed by atoms with Gasteiger partial charge in [0.2, 0.25) is 0 Å². The lowest BCUT2D eigenvalue weighted by Crippen LogP contribution is -2.33. The van der Waals surface area contributed by atoms with Gasteiger partial charge in [0, 0.05) is 12.8 Å². The van der Waals surface area contributed by atoms with Crippen LogP contribution in [0.4, 0.5) is 0 Å². The number of carbonyl (C=O) groups is 2. The zero-order chi connectivity index (χ0) is 34.1. The molecule has 0 aromatic carbocycles. The van der Waals surface area contributed by atoms with Crippen molar-refractivity contribution in [2.45, 2.75) is 226 Å². The van der Waals surface area contributed by atoms with E-state index in [9.17, 15) is 9.59 Å². The first-order valence-electron chi connectivity index (χ1n) is 19.8. The summed E-state index contributed by atoms with van der Waals surface area (Å²) in [5.74, 6) is -0.464. The van der Waals surface area contributed by atoms with E-state index in [0.717, 1.165) is 32.1 Å². The Kier molecular flexibility index (Phi) is 31.6. The van der Waals surface area contributed by atoms with Crippen LogP contribution in [0.5, 0.6) is 0 Å². The normalized spacial score (nSPS) is 13.1. The van der Waals surface area contributed by atoms with E-state index >= 15 is 0 Å². The van der Waals surface area contributed by atoms with Crippen molar-refractivity contribution in [1.29, 1.82) is 0 Å². The molecule has 6 nitrogen and oxygen atoms in total. The van der Waals surface area contributed by atoms with E-state index in [1.165, 1.54) is 122 Å². The second kappa shape index (κ2) is 32.4. The number of unbranched alkanes of at least 4 members (excludes halogenated alkanes) is 22. The first kappa shape index (κ1) is 44.9. The third-order valence-electron chi connectivity index (χ3n) is 8.51. The summed E-state index contributed by atoms with van der Waals surface area (Å²) in [7, 11) is 0. The van der Waals surface area contributed by atoms with Crippen LogP contribution >= 0.6 is 0 Å². The average Bonchev–Trinajstić information content (AvgIpc) is 3.02. The van der Waals surface area contributed by atoms with Gasteiger partial charge in [0.25, 0.3) is 0 Å². The molecule has 0 aliphatic carbocycles. The lowest BCUT2D eigenvalue weighted by molar-refractivity contribution is -0.165. The van der Waals surface area contributed by atoms with Crippen LogP contribution in [0.3, 0.4) is 0 Å². The van der Waals surface area contributed by atoms with Crippen LogP contribution in [0.15, 0.2) is 0 Å². The van der Waals surface area contributed by atoms with Gasteiger partial charge in [-0.1, -0.05) is 155 Å². The maximum atomic E-state index is 12.6. The third-order valence-corrected chi connectivity index (χ3v) is 8.51. The summed E-state index contributed by atoms with van der Waals surface area (Å²) in [4.78, 5) is 25.1. The van der Waals surface area contributed by atoms with Crippen molar-refractivity contribution in [2.24, 2.45) is 0 Å². The largest absolute Gasteiger partial charge is 0.462 e. The molecule has 0 aromatic heterocycles. The fourth-order valence-electron chi connectivity index (χ4n) is 5.53. The minimum absolute atomic E-state index is 0.0358. The van der Waals surface area contributed by atoms with Crippen LogP contribution in [-0.4, -0.2) is 49.6 Å². The van der Waals surface area contributed by atoms with E-state index in [-0.39, 0.29) is 36.9 Å². The predicted molar refractivity (Wildman–Crippen MR) is 193 cm³/mol. The van der Waals surface area contributed by atoms with Crippen LogP contribution < -0.4 is 0 Å². The molecule has 0 saturated carbocycles. The summed E-state index contributed by atoms with van der Waals surface area (Å²) in [5, 5.41) is 0. The molecule has 0 fully saturated rings. The SMILES string of the molecule is CCCCCCCCCCCCCCCC(=O)OCC(COC(C)COC(C)(C)C)OC(=O)CCCCCCCCCCCCC. The fraction of sp³-hybridized carbons (Fsp3) is 0.950. The summed E-state index contributed by atoms with van der Waals surface area (Å²) in [6.45, 7) is 13.2. The standard InChI is InChI=1S/C40H78O6/c1-7-9-11-13-15-17-19-20-22-23-25-27-29-31-38(41)44-35-37(34-43-36(3)33-45-40(4,5)6)46-39(42)32-30-28-26-24-21-18-16-14-12-10-8-2/h36-37H,7-35H2,1-6H3. The highest BCUT2D eigenvalue weighted by Crippen LogP contribution is 2.15. The van der Waals surface area contributed by atoms with Crippen LogP contribution in [0, 0.1) is 0 Å². The van der Waals surface area contributed by atoms with Gasteiger partial charge >= 0.3 is 11.9 Å². The smallest absolute Gasteiger partial charge is 0.306 e. The Labute approximate surface area is 286 Å². The number of esters is 2. The molecule has 2 unspecified atom stereocenters. The molecule has 0 aliphatic heterocycles. The quantitative estimate of drug-likeness (QED) is 0.0508. The Morgan fingerprint density at radius 3 is 1.26 bits per heavy atom. The third kappa shape index (κ3) is 34.2. The van der Waals surface area contributed by atoms with Crippen LogP contribution in [0.1, 0.15) is 208 Å².